The van der Waals surface area contributed by atoms with Gasteiger partial charge in [0.15, 0.2) is 5.13 Å². The van der Waals surface area contributed by atoms with Gasteiger partial charge in [-0.2, -0.15) is 0 Å². The average molecular weight is 303 g/mol. The highest BCUT2D eigenvalue weighted by molar-refractivity contribution is 7.14. The first-order chi connectivity index (χ1) is 9.90. The van der Waals surface area contributed by atoms with Crippen LogP contribution in [0.2, 0.25) is 0 Å². The summed E-state index contributed by atoms with van der Waals surface area (Å²) in [5.74, 6) is -0.0820. The van der Waals surface area contributed by atoms with Crippen LogP contribution in [0.15, 0.2) is 29.6 Å². The molecular weight excluding hydrogens is 282 g/mol. The normalized spacial score (nSPS) is 11.4. The number of benzene rings is 1. The number of amides is 1. The van der Waals surface area contributed by atoms with E-state index in [4.69, 9.17) is 0 Å². The van der Waals surface area contributed by atoms with Crippen molar-refractivity contribution in [3.63, 3.8) is 0 Å². The third kappa shape index (κ3) is 4.12. The summed E-state index contributed by atoms with van der Waals surface area (Å²) in [6.45, 7) is 6.87. The van der Waals surface area contributed by atoms with Crippen molar-refractivity contribution in [2.45, 2.75) is 26.2 Å². The maximum Gasteiger partial charge on any atom is 0.240 e. The van der Waals surface area contributed by atoms with Crippen molar-refractivity contribution >= 4 is 22.4 Å². The largest absolute Gasteiger partial charge is 0.311 e. The number of nitrogens with zero attached hydrogens (tertiary/aromatic N) is 1. The van der Waals surface area contributed by atoms with Crippen molar-refractivity contribution in [3.05, 3.63) is 35.2 Å². The van der Waals surface area contributed by atoms with E-state index in [9.17, 15) is 4.79 Å². The Hall–Kier alpha value is -1.72. The Morgan fingerprint density at radius 1 is 1.24 bits per heavy atom. The van der Waals surface area contributed by atoms with Crippen molar-refractivity contribution in [2.24, 2.45) is 0 Å². The van der Waals surface area contributed by atoms with Crippen LogP contribution in [0.4, 0.5) is 5.13 Å². The van der Waals surface area contributed by atoms with Crippen LogP contribution < -0.4 is 10.6 Å². The van der Waals surface area contributed by atoms with Gasteiger partial charge in [-0.3, -0.25) is 4.79 Å². The van der Waals surface area contributed by atoms with Crippen LogP contribution in [-0.4, -0.2) is 24.5 Å². The van der Waals surface area contributed by atoms with Gasteiger partial charge in [0.05, 0.1) is 12.2 Å². The number of carbonyl (C=O) groups excluding carboxylic acids is 1. The molecule has 0 aliphatic rings. The fourth-order valence-corrected chi connectivity index (χ4v) is 2.66. The number of aromatic nitrogens is 1. The van der Waals surface area contributed by atoms with Gasteiger partial charge >= 0.3 is 0 Å². The summed E-state index contributed by atoms with van der Waals surface area (Å²) in [5.41, 5.74) is 3.39. The fraction of sp³-hybridized carbons (Fsp3) is 0.375. The molecule has 0 aliphatic carbocycles. The van der Waals surface area contributed by atoms with Crippen molar-refractivity contribution in [3.8, 4) is 11.3 Å². The first kappa shape index (κ1) is 15.7. The third-order valence-electron chi connectivity index (χ3n) is 3.13. The summed E-state index contributed by atoms with van der Waals surface area (Å²) in [6.07, 6.45) is 0. The molecule has 0 fully saturated rings. The SMILES string of the molecule is CNCC(=O)Nc1nc(-c2ccc(C(C)(C)C)cc2)cs1. The predicted octanol–water partition coefficient (Wildman–Crippen LogP) is 3.27. The van der Waals surface area contributed by atoms with E-state index in [1.165, 1.54) is 16.9 Å². The number of thiazole rings is 1. The molecule has 0 unspecified atom stereocenters. The van der Waals surface area contributed by atoms with Crippen molar-refractivity contribution < 1.29 is 4.79 Å². The van der Waals surface area contributed by atoms with Crippen molar-refractivity contribution in [2.75, 3.05) is 18.9 Å². The van der Waals surface area contributed by atoms with E-state index in [0.29, 0.717) is 5.13 Å². The van der Waals surface area contributed by atoms with Crippen molar-refractivity contribution in [1.29, 1.82) is 0 Å². The number of carbonyl (C=O) groups is 1. The zero-order valence-electron chi connectivity index (χ0n) is 12.9. The molecule has 1 heterocycles. The molecule has 0 saturated carbocycles. The molecule has 112 valence electrons. The summed E-state index contributed by atoms with van der Waals surface area (Å²) in [7, 11) is 1.74. The zero-order valence-corrected chi connectivity index (χ0v) is 13.7. The number of hydrogen-bond acceptors (Lipinski definition) is 4. The van der Waals surface area contributed by atoms with Crippen LogP contribution in [0.3, 0.4) is 0 Å². The predicted molar refractivity (Wildman–Crippen MR) is 88.8 cm³/mol. The lowest BCUT2D eigenvalue weighted by atomic mass is 9.86. The monoisotopic (exact) mass is 303 g/mol. The second-order valence-electron chi connectivity index (χ2n) is 5.94. The van der Waals surface area contributed by atoms with Gasteiger partial charge < -0.3 is 10.6 Å². The van der Waals surface area contributed by atoms with E-state index in [1.54, 1.807) is 7.05 Å². The highest BCUT2D eigenvalue weighted by Gasteiger charge is 2.14. The van der Waals surface area contributed by atoms with Gasteiger partial charge in [-0.1, -0.05) is 45.0 Å². The summed E-state index contributed by atoms with van der Waals surface area (Å²) < 4.78 is 0. The molecule has 1 amide bonds. The average Bonchev–Trinajstić information content (AvgIpc) is 2.86. The van der Waals surface area contributed by atoms with Gasteiger partial charge in [0.1, 0.15) is 0 Å². The fourth-order valence-electron chi connectivity index (χ4n) is 1.93. The molecule has 2 N–H and O–H groups in total. The smallest absolute Gasteiger partial charge is 0.240 e. The molecule has 0 aliphatic heterocycles. The zero-order chi connectivity index (χ0) is 15.5. The summed E-state index contributed by atoms with van der Waals surface area (Å²) in [6, 6.07) is 8.42. The molecule has 5 heteroatoms. The van der Waals surface area contributed by atoms with E-state index in [0.717, 1.165) is 11.3 Å². The van der Waals surface area contributed by atoms with Gasteiger partial charge in [-0.05, 0) is 18.0 Å². The quantitative estimate of drug-likeness (QED) is 0.911. The molecule has 2 rings (SSSR count). The molecule has 0 radical (unpaired) electrons. The summed E-state index contributed by atoms with van der Waals surface area (Å²) >= 11 is 1.44. The lowest BCUT2D eigenvalue weighted by Crippen LogP contribution is -2.24. The second kappa shape index (κ2) is 6.37. The first-order valence-corrected chi connectivity index (χ1v) is 7.79. The maximum absolute atomic E-state index is 11.5. The molecule has 2 aromatic rings. The van der Waals surface area contributed by atoms with Crippen LogP contribution in [0.5, 0.6) is 0 Å². The molecular formula is C16H21N3OS. The minimum atomic E-state index is -0.0820. The number of hydrogen-bond donors (Lipinski definition) is 2. The summed E-state index contributed by atoms with van der Waals surface area (Å²) in [4.78, 5) is 16.0. The van der Waals surface area contributed by atoms with Crippen LogP contribution in [0.1, 0.15) is 26.3 Å². The standard InChI is InChI=1S/C16H21N3OS/c1-16(2,3)12-7-5-11(6-8-12)13-10-21-15(18-13)19-14(20)9-17-4/h5-8,10,17H,9H2,1-4H3,(H,18,19,20). The highest BCUT2D eigenvalue weighted by Crippen LogP contribution is 2.28. The molecule has 0 saturated heterocycles. The lowest BCUT2D eigenvalue weighted by Gasteiger charge is -2.18. The Labute approximate surface area is 129 Å². The van der Waals surface area contributed by atoms with Gasteiger partial charge in [0, 0.05) is 10.9 Å². The second-order valence-corrected chi connectivity index (χ2v) is 6.80. The molecule has 1 aromatic carbocycles. The Balaban J connectivity index is 2.12. The van der Waals surface area contributed by atoms with Crippen LogP contribution in [0, 0.1) is 0 Å². The molecule has 1 aromatic heterocycles. The summed E-state index contributed by atoms with van der Waals surface area (Å²) in [5, 5.41) is 8.18. The van der Waals surface area contributed by atoms with Gasteiger partial charge in [-0.25, -0.2) is 4.98 Å². The Bertz CT molecular complexity index is 611. The van der Waals surface area contributed by atoms with E-state index in [2.05, 4.69) is 60.7 Å². The minimum absolute atomic E-state index is 0.0820. The topological polar surface area (TPSA) is 54.0 Å². The molecule has 0 atom stereocenters. The van der Waals surface area contributed by atoms with Crippen LogP contribution >= 0.6 is 11.3 Å². The van der Waals surface area contributed by atoms with E-state index in [-0.39, 0.29) is 17.9 Å². The van der Waals surface area contributed by atoms with Gasteiger partial charge in [0.25, 0.3) is 0 Å². The number of rotatable bonds is 4. The number of likely N-dealkylation sites (N-methyl/N-ethyl adjacent to an activating group) is 1. The Morgan fingerprint density at radius 2 is 1.90 bits per heavy atom. The molecule has 4 nitrogen and oxygen atoms in total. The van der Waals surface area contributed by atoms with Gasteiger partial charge in [-0.15, -0.1) is 11.3 Å². The van der Waals surface area contributed by atoms with Gasteiger partial charge in [0.2, 0.25) is 5.91 Å². The maximum atomic E-state index is 11.5. The van der Waals surface area contributed by atoms with Crippen LogP contribution in [-0.2, 0) is 10.2 Å². The third-order valence-corrected chi connectivity index (χ3v) is 3.89. The molecule has 21 heavy (non-hydrogen) atoms. The first-order valence-electron chi connectivity index (χ1n) is 6.91. The van der Waals surface area contributed by atoms with E-state index >= 15 is 0 Å². The van der Waals surface area contributed by atoms with Crippen molar-refractivity contribution in [1.82, 2.24) is 10.3 Å². The van der Waals surface area contributed by atoms with Crippen LogP contribution in [0.25, 0.3) is 11.3 Å². The molecule has 0 bridgehead atoms. The Morgan fingerprint density at radius 3 is 2.48 bits per heavy atom. The number of nitrogens with one attached hydrogen (secondary N) is 2. The molecule has 0 spiro atoms. The van der Waals surface area contributed by atoms with E-state index < -0.39 is 0 Å². The van der Waals surface area contributed by atoms with E-state index in [1.807, 2.05) is 5.38 Å². The number of anilines is 1. The lowest BCUT2D eigenvalue weighted by molar-refractivity contribution is -0.115. The highest BCUT2D eigenvalue weighted by atomic mass is 32.1. The minimum Gasteiger partial charge on any atom is -0.311 e. The Kier molecular flexibility index (Phi) is 4.75.